The molecule has 0 saturated carbocycles. The summed E-state index contributed by atoms with van der Waals surface area (Å²) >= 11 is 0. The highest BCUT2D eigenvalue weighted by molar-refractivity contribution is 7.74. The molecule has 1 unspecified atom stereocenters. The number of aliphatic hydroxyl groups is 1. The first kappa shape index (κ1) is 9.70. The molecule has 3 heteroatoms. The standard InChI is InChI=1S/C11H13O2P/c1-11(12)7-8-14(13,9-11)10-5-3-2-4-6-10/h2-8,12H,9H2,1H3/t11-,14?/m0/s1. The lowest BCUT2D eigenvalue weighted by Crippen LogP contribution is -2.23. The highest BCUT2D eigenvalue weighted by Gasteiger charge is 2.36. The van der Waals surface area contributed by atoms with Crippen molar-refractivity contribution < 1.29 is 9.67 Å². The smallest absolute Gasteiger partial charge is 0.139 e. The van der Waals surface area contributed by atoms with Gasteiger partial charge in [0.2, 0.25) is 0 Å². The average molecular weight is 208 g/mol. The first-order chi connectivity index (χ1) is 6.52. The molecule has 2 nitrogen and oxygen atoms in total. The van der Waals surface area contributed by atoms with E-state index in [1.165, 1.54) is 0 Å². The van der Waals surface area contributed by atoms with Crippen LogP contribution in [-0.2, 0) is 4.57 Å². The summed E-state index contributed by atoms with van der Waals surface area (Å²) in [6.45, 7) is 1.69. The second-order valence-corrected chi connectivity index (χ2v) is 6.68. The SMILES string of the molecule is C[C@]1(O)C=CP(=O)(c2ccccc2)C1. The summed E-state index contributed by atoms with van der Waals surface area (Å²) < 4.78 is 12.4. The van der Waals surface area contributed by atoms with Gasteiger partial charge in [0.15, 0.2) is 0 Å². The number of hydrogen-bond donors (Lipinski definition) is 1. The Labute approximate surface area is 83.6 Å². The zero-order chi connectivity index (χ0) is 10.2. The van der Waals surface area contributed by atoms with Gasteiger partial charge in [-0.1, -0.05) is 30.3 Å². The summed E-state index contributed by atoms with van der Waals surface area (Å²) in [6, 6.07) is 9.35. The molecule has 0 spiro atoms. The minimum Gasteiger partial charge on any atom is -0.386 e. The lowest BCUT2D eigenvalue weighted by molar-refractivity contribution is 0.139. The van der Waals surface area contributed by atoms with Gasteiger partial charge < -0.3 is 9.67 Å². The van der Waals surface area contributed by atoms with Crippen molar-refractivity contribution >= 4 is 12.4 Å². The molecule has 74 valence electrons. The van der Waals surface area contributed by atoms with Gasteiger partial charge in [0.25, 0.3) is 0 Å². The van der Waals surface area contributed by atoms with E-state index in [1.807, 2.05) is 30.3 Å². The van der Waals surface area contributed by atoms with Gasteiger partial charge in [-0.3, -0.25) is 0 Å². The zero-order valence-corrected chi connectivity index (χ0v) is 8.95. The van der Waals surface area contributed by atoms with Crippen LogP contribution in [0.15, 0.2) is 42.2 Å². The Kier molecular flexibility index (Phi) is 2.13. The summed E-state index contributed by atoms with van der Waals surface area (Å²) in [4.78, 5) is 0. The summed E-state index contributed by atoms with van der Waals surface area (Å²) in [5.41, 5.74) is -0.911. The summed E-state index contributed by atoms with van der Waals surface area (Å²) in [5, 5.41) is 10.6. The van der Waals surface area contributed by atoms with Gasteiger partial charge in [-0.25, -0.2) is 0 Å². The molecule has 1 aliphatic rings. The second-order valence-electron chi connectivity index (χ2n) is 3.96. The van der Waals surface area contributed by atoms with E-state index in [-0.39, 0.29) is 0 Å². The van der Waals surface area contributed by atoms with Crippen molar-refractivity contribution in [2.24, 2.45) is 0 Å². The Hall–Kier alpha value is -0.850. The third-order valence-corrected chi connectivity index (χ3v) is 5.34. The fourth-order valence-electron chi connectivity index (χ4n) is 1.72. The maximum atomic E-state index is 12.4. The Balaban J connectivity index is 2.39. The first-order valence-electron chi connectivity index (χ1n) is 4.59. The van der Waals surface area contributed by atoms with Gasteiger partial charge in [-0.15, -0.1) is 0 Å². The van der Waals surface area contributed by atoms with Crippen LogP contribution in [0.25, 0.3) is 0 Å². The van der Waals surface area contributed by atoms with Crippen LogP contribution >= 0.6 is 7.14 Å². The minimum absolute atomic E-state index is 0.323. The molecule has 0 aromatic heterocycles. The lowest BCUT2D eigenvalue weighted by Gasteiger charge is -2.16. The Morgan fingerprint density at radius 2 is 2.00 bits per heavy atom. The predicted octanol–water partition coefficient (Wildman–Crippen LogP) is 1.95. The summed E-state index contributed by atoms with van der Waals surface area (Å²) in [7, 11) is -2.47. The van der Waals surface area contributed by atoms with Crippen molar-refractivity contribution in [3.8, 4) is 0 Å². The van der Waals surface area contributed by atoms with Gasteiger partial charge >= 0.3 is 0 Å². The molecule has 0 bridgehead atoms. The van der Waals surface area contributed by atoms with E-state index in [0.717, 1.165) is 5.30 Å². The topological polar surface area (TPSA) is 37.3 Å². The van der Waals surface area contributed by atoms with E-state index in [9.17, 15) is 9.67 Å². The molecule has 0 amide bonds. The van der Waals surface area contributed by atoms with Crippen molar-refractivity contribution in [2.75, 3.05) is 6.16 Å². The van der Waals surface area contributed by atoms with Gasteiger partial charge in [0.05, 0.1) is 5.60 Å². The molecule has 0 fully saturated rings. The molecule has 2 rings (SSSR count). The minimum atomic E-state index is -2.47. The maximum Gasteiger partial charge on any atom is 0.139 e. The first-order valence-corrected chi connectivity index (χ1v) is 6.55. The highest BCUT2D eigenvalue weighted by atomic mass is 31.2. The van der Waals surface area contributed by atoms with Crippen LogP contribution in [0.4, 0.5) is 0 Å². The maximum absolute atomic E-state index is 12.4. The van der Waals surface area contributed by atoms with Crippen LogP contribution in [-0.4, -0.2) is 16.9 Å². The van der Waals surface area contributed by atoms with E-state index in [1.54, 1.807) is 18.8 Å². The Morgan fingerprint density at radius 3 is 2.50 bits per heavy atom. The van der Waals surface area contributed by atoms with E-state index in [2.05, 4.69) is 0 Å². The van der Waals surface area contributed by atoms with Crippen LogP contribution in [0.3, 0.4) is 0 Å². The van der Waals surface area contributed by atoms with E-state index >= 15 is 0 Å². The quantitative estimate of drug-likeness (QED) is 0.716. The van der Waals surface area contributed by atoms with Crippen molar-refractivity contribution in [1.29, 1.82) is 0 Å². The molecule has 14 heavy (non-hydrogen) atoms. The van der Waals surface area contributed by atoms with Gasteiger partial charge in [-0.2, -0.15) is 0 Å². The van der Waals surface area contributed by atoms with Crippen LogP contribution in [0.5, 0.6) is 0 Å². The van der Waals surface area contributed by atoms with Crippen LogP contribution in [0, 0.1) is 0 Å². The number of hydrogen-bond acceptors (Lipinski definition) is 2. The third kappa shape index (κ3) is 1.68. The molecular weight excluding hydrogens is 195 g/mol. The molecule has 0 aliphatic carbocycles. The Morgan fingerprint density at radius 1 is 1.36 bits per heavy atom. The fourth-order valence-corrected chi connectivity index (χ4v) is 4.48. The van der Waals surface area contributed by atoms with Crippen LogP contribution < -0.4 is 5.30 Å². The van der Waals surface area contributed by atoms with Gasteiger partial charge in [0.1, 0.15) is 7.14 Å². The highest BCUT2D eigenvalue weighted by Crippen LogP contribution is 2.53. The monoisotopic (exact) mass is 208 g/mol. The summed E-state index contributed by atoms with van der Waals surface area (Å²) in [5.74, 6) is 1.67. The normalized spacial score (nSPS) is 36.1. The largest absolute Gasteiger partial charge is 0.386 e. The molecule has 2 atom stereocenters. The molecule has 1 heterocycles. The molecule has 1 aliphatic heterocycles. The molecule has 1 N–H and O–H groups in total. The molecule has 0 radical (unpaired) electrons. The van der Waals surface area contributed by atoms with E-state index in [0.29, 0.717) is 6.16 Å². The van der Waals surface area contributed by atoms with E-state index in [4.69, 9.17) is 0 Å². The third-order valence-electron chi connectivity index (χ3n) is 2.42. The molecule has 0 saturated heterocycles. The van der Waals surface area contributed by atoms with Crippen molar-refractivity contribution in [1.82, 2.24) is 0 Å². The second kappa shape index (κ2) is 3.08. The predicted molar refractivity (Wildman–Crippen MR) is 58.3 cm³/mol. The van der Waals surface area contributed by atoms with E-state index < -0.39 is 12.7 Å². The summed E-state index contributed by atoms with van der Waals surface area (Å²) in [6.07, 6.45) is 1.96. The average Bonchev–Trinajstić information content (AvgIpc) is 2.44. The van der Waals surface area contributed by atoms with Gasteiger partial charge in [0, 0.05) is 11.5 Å². The molecular formula is C11H13O2P. The van der Waals surface area contributed by atoms with Gasteiger partial charge in [-0.05, 0) is 18.8 Å². The molecule has 1 aromatic carbocycles. The van der Waals surface area contributed by atoms with Crippen molar-refractivity contribution in [3.05, 3.63) is 42.2 Å². The van der Waals surface area contributed by atoms with Crippen molar-refractivity contribution in [3.63, 3.8) is 0 Å². The van der Waals surface area contributed by atoms with Crippen LogP contribution in [0.1, 0.15) is 6.92 Å². The number of rotatable bonds is 1. The van der Waals surface area contributed by atoms with Crippen LogP contribution in [0.2, 0.25) is 0 Å². The fraction of sp³-hybridized carbons (Fsp3) is 0.273. The van der Waals surface area contributed by atoms with Crippen molar-refractivity contribution in [2.45, 2.75) is 12.5 Å². The molecule has 1 aromatic rings. The lowest BCUT2D eigenvalue weighted by atomic mass is 10.1. The number of benzene rings is 1. The zero-order valence-electron chi connectivity index (χ0n) is 8.05. The Bertz CT molecular complexity index is 407.